The van der Waals surface area contributed by atoms with Gasteiger partial charge in [0, 0.05) is 11.6 Å². The van der Waals surface area contributed by atoms with E-state index < -0.39 is 0 Å². The van der Waals surface area contributed by atoms with E-state index in [4.69, 9.17) is 21.3 Å². The summed E-state index contributed by atoms with van der Waals surface area (Å²) < 4.78 is 8.30. The summed E-state index contributed by atoms with van der Waals surface area (Å²) in [6.45, 7) is 4.33. The maximum absolute atomic E-state index is 6.05. The molecule has 0 bridgehead atoms. The quantitative estimate of drug-likeness (QED) is 0.705. The lowest BCUT2D eigenvalue weighted by atomic mass is 9.99. The first kappa shape index (κ1) is 17.5. The van der Waals surface area contributed by atoms with E-state index in [2.05, 4.69) is 40.2 Å². The molecule has 1 aromatic heterocycles. The molecule has 0 radical (unpaired) electrons. The highest BCUT2D eigenvalue weighted by atomic mass is 35.5. The summed E-state index contributed by atoms with van der Waals surface area (Å²) in [5.74, 6) is 1.64. The van der Waals surface area contributed by atoms with Crippen LogP contribution in [0.2, 0.25) is 5.02 Å². The minimum absolute atomic E-state index is 0.548. The molecule has 136 valence electrons. The van der Waals surface area contributed by atoms with E-state index >= 15 is 0 Å². The van der Waals surface area contributed by atoms with Gasteiger partial charge in [-0.25, -0.2) is 4.98 Å². The first-order valence-electron chi connectivity index (χ1n) is 9.26. The van der Waals surface area contributed by atoms with E-state index in [1.54, 1.807) is 0 Å². The van der Waals surface area contributed by atoms with Crippen molar-refractivity contribution in [3.05, 3.63) is 64.9 Å². The number of halogens is 1. The molecule has 26 heavy (non-hydrogen) atoms. The van der Waals surface area contributed by atoms with E-state index in [-0.39, 0.29) is 0 Å². The zero-order valence-corrected chi connectivity index (χ0v) is 15.6. The third kappa shape index (κ3) is 4.09. The first-order valence-corrected chi connectivity index (χ1v) is 9.64. The average molecular weight is 370 g/mol. The lowest BCUT2D eigenvalue weighted by Gasteiger charge is -2.22. The zero-order chi connectivity index (χ0) is 17.8. The number of piperidine rings is 1. The van der Waals surface area contributed by atoms with Gasteiger partial charge in [-0.1, -0.05) is 35.9 Å². The van der Waals surface area contributed by atoms with Crippen molar-refractivity contribution in [2.45, 2.75) is 26.0 Å². The van der Waals surface area contributed by atoms with E-state index in [0.717, 1.165) is 48.1 Å². The molecule has 0 spiro atoms. The Labute approximate surface area is 159 Å². The molecular weight excluding hydrogens is 346 g/mol. The number of nitrogens with one attached hydrogen (secondary N) is 1. The van der Waals surface area contributed by atoms with Crippen LogP contribution < -0.4 is 5.32 Å². The third-order valence-electron chi connectivity index (χ3n) is 5.03. The largest absolute Gasteiger partial charge is 0.373 e. The molecule has 4 nitrogen and oxygen atoms in total. The monoisotopic (exact) mass is 369 g/mol. The lowest BCUT2D eigenvalue weighted by molar-refractivity contribution is 0.0710. The van der Waals surface area contributed by atoms with Gasteiger partial charge in [-0.2, -0.15) is 0 Å². The van der Waals surface area contributed by atoms with Gasteiger partial charge in [0.05, 0.1) is 17.6 Å². The molecule has 0 unspecified atom stereocenters. The normalized spacial score (nSPS) is 15.6. The number of imidazole rings is 1. The lowest BCUT2D eigenvalue weighted by Crippen LogP contribution is -2.30. The van der Waals surface area contributed by atoms with Crippen LogP contribution in [-0.2, 0) is 17.9 Å². The van der Waals surface area contributed by atoms with Gasteiger partial charge in [0.25, 0.3) is 0 Å². The van der Waals surface area contributed by atoms with Crippen molar-refractivity contribution in [3.63, 3.8) is 0 Å². The Kier molecular flexibility index (Phi) is 5.54. The van der Waals surface area contributed by atoms with Crippen LogP contribution in [0, 0.1) is 5.92 Å². The van der Waals surface area contributed by atoms with Crippen LogP contribution in [0.25, 0.3) is 11.0 Å². The van der Waals surface area contributed by atoms with Crippen LogP contribution in [0.5, 0.6) is 0 Å². The molecule has 1 N–H and O–H groups in total. The van der Waals surface area contributed by atoms with Crippen molar-refractivity contribution in [3.8, 4) is 0 Å². The van der Waals surface area contributed by atoms with Gasteiger partial charge in [0.1, 0.15) is 12.4 Å². The number of hydrogen-bond acceptors (Lipinski definition) is 3. The number of benzene rings is 2. The third-order valence-corrected chi connectivity index (χ3v) is 5.28. The fraction of sp³-hybridized carbons (Fsp3) is 0.381. The molecule has 0 amide bonds. The zero-order valence-electron chi connectivity index (χ0n) is 14.8. The molecule has 0 atom stereocenters. The minimum Gasteiger partial charge on any atom is -0.373 e. The van der Waals surface area contributed by atoms with E-state index in [1.807, 2.05) is 18.2 Å². The summed E-state index contributed by atoms with van der Waals surface area (Å²) in [5, 5.41) is 4.16. The molecule has 4 rings (SSSR count). The van der Waals surface area contributed by atoms with Crippen LogP contribution >= 0.6 is 11.6 Å². The fourth-order valence-corrected chi connectivity index (χ4v) is 3.68. The van der Waals surface area contributed by atoms with Crippen molar-refractivity contribution in [2.75, 3.05) is 19.7 Å². The highest BCUT2D eigenvalue weighted by molar-refractivity contribution is 6.30. The number of para-hydroxylation sites is 2. The number of ether oxygens (including phenoxy) is 1. The smallest absolute Gasteiger partial charge is 0.136 e. The second kappa shape index (κ2) is 8.21. The van der Waals surface area contributed by atoms with Gasteiger partial charge in [0.15, 0.2) is 0 Å². The van der Waals surface area contributed by atoms with Crippen LogP contribution in [-0.4, -0.2) is 29.2 Å². The summed E-state index contributed by atoms with van der Waals surface area (Å²) in [6, 6.07) is 16.3. The number of hydrogen-bond donors (Lipinski definition) is 1. The van der Waals surface area contributed by atoms with Crippen LogP contribution in [0.15, 0.2) is 48.5 Å². The first-order chi connectivity index (χ1) is 12.8. The standard InChI is InChI=1S/C21H24ClN3O/c22-18-7-5-16(6-8-18)13-25-20-4-2-1-3-19(20)24-21(25)15-26-14-17-9-11-23-12-10-17/h1-8,17,23H,9-15H2. The van der Waals surface area contributed by atoms with Gasteiger partial charge >= 0.3 is 0 Å². The van der Waals surface area contributed by atoms with Crippen molar-refractivity contribution in [1.82, 2.24) is 14.9 Å². The second-order valence-corrected chi connectivity index (χ2v) is 7.37. The van der Waals surface area contributed by atoms with Gasteiger partial charge in [-0.15, -0.1) is 0 Å². The Balaban J connectivity index is 1.52. The Morgan fingerprint density at radius 1 is 1.08 bits per heavy atom. The molecule has 2 heterocycles. The molecule has 1 fully saturated rings. The summed E-state index contributed by atoms with van der Waals surface area (Å²) in [4.78, 5) is 4.81. The van der Waals surface area contributed by atoms with E-state index in [1.165, 1.54) is 18.4 Å². The predicted octanol–water partition coefficient (Wildman–Crippen LogP) is 4.25. The number of rotatable bonds is 6. The summed E-state index contributed by atoms with van der Waals surface area (Å²) in [5.41, 5.74) is 3.36. The topological polar surface area (TPSA) is 39.1 Å². The Hall–Kier alpha value is -1.88. The molecule has 3 aromatic rings. The number of fused-ring (bicyclic) bond motifs is 1. The summed E-state index contributed by atoms with van der Waals surface area (Å²) >= 11 is 6.02. The van der Waals surface area contributed by atoms with Crippen LogP contribution in [0.1, 0.15) is 24.2 Å². The molecule has 1 aliphatic rings. The average Bonchev–Trinajstić information content (AvgIpc) is 3.02. The van der Waals surface area contributed by atoms with Crippen LogP contribution in [0.4, 0.5) is 0 Å². The highest BCUT2D eigenvalue weighted by Crippen LogP contribution is 2.20. The maximum Gasteiger partial charge on any atom is 0.136 e. The van der Waals surface area contributed by atoms with Gasteiger partial charge in [-0.05, 0) is 61.7 Å². The van der Waals surface area contributed by atoms with Crippen molar-refractivity contribution >= 4 is 22.6 Å². The number of nitrogens with zero attached hydrogens (tertiary/aromatic N) is 2. The number of aromatic nitrogens is 2. The molecule has 0 saturated carbocycles. The maximum atomic E-state index is 6.05. The van der Waals surface area contributed by atoms with E-state index in [0.29, 0.717) is 12.5 Å². The molecule has 2 aromatic carbocycles. The second-order valence-electron chi connectivity index (χ2n) is 6.94. The molecule has 5 heteroatoms. The Bertz CT molecular complexity index is 853. The molecular formula is C21H24ClN3O. The Morgan fingerprint density at radius 2 is 1.85 bits per heavy atom. The highest BCUT2D eigenvalue weighted by Gasteiger charge is 2.15. The Morgan fingerprint density at radius 3 is 2.65 bits per heavy atom. The van der Waals surface area contributed by atoms with Crippen molar-refractivity contribution in [2.24, 2.45) is 5.92 Å². The fourth-order valence-electron chi connectivity index (χ4n) is 3.55. The predicted molar refractivity (Wildman–Crippen MR) is 106 cm³/mol. The van der Waals surface area contributed by atoms with Gasteiger partial charge in [0.2, 0.25) is 0 Å². The van der Waals surface area contributed by atoms with Crippen LogP contribution in [0.3, 0.4) is 0 Å². The van der Waals surface area contributed by atoms with Gasteiger partial charge in [-0.3, -0.25) is 0 Å². The van der Waals surface area contributed by atoms with Crippen molar-refractivity contribution < 1.29 is 4.74 Å². The van der Waals surface area contributed by atoms with Crippen molar-refractivity contribution in [1.29, 1.82) is 0 Å². The molecule has 1 aliphatic heterocycles. The SMILES string of the molecule is Clc1ccc(Cn2c(COCC3CCNCC3)nc3ccccc32)cc1. The van der Waals surface area contributed by atoms with E-state index in [9.17, 15) is 0 Å². The molecule has 1 saturated heterocycles. The molecule has 0 aliphatic carbocycles. The van der Waals surface area contributed by atoms with Gasteiger partial charge < -0.3 is 14.6 Å². The summed E-state index contributed by atoms with van der Waals surface area (Å²) in [7, 11) is 0. The summed E-state index contributed by atoms with van der Waals surface area (Å²) in [6.07, 6.45) is 2.39. The minimum atomic E-state index is 0.548.